The molecule has 10 aliphatic heterocycles. The van der Waals surface area contributed by atoms with Gasteiger partial charge in [0.2, 0.25) is 0 Å². The number of piperidine rings is 2. The lowest BCUT2D eigenvalue weighted by molar-refractivity contribution is -0.119. The zero-order chi connectivity index (χ0) is 51.3. The standard InChI is InChI=1S/C7H16N2.C7H15N.2C6H13N.C5H8N2.C5H11NO.2C5H11N.C4H7F2N.C4H9N/c1-3-9-6-4-8(2)5-7-9;1-2-8-6-4-3-5-7-8;1-7-5-3-2-4-6-7;1-2-7-5-3-4-6-7;1-7-3-5(2-6)4-7;1-6-2-4-7-5-3-6;1-5-3-6(2)4-5;1-6-4-2-3-5-6;1-7-2-4(5,6)3-7;1-5-3-2-4-5/h3-7H2,1-2H3;2-7H2,1H3;2*2-6H2,1H3;5H,3-4H2,1H3;2-5H2,1H3;5H,3-4H2,1-2H3;2-5H2,1H3;2-3H2,1H3;2-4H2,1H3. The van der Waals surface area contributed by atoms with E-state index in [1.165, 1.54) is 195 Å². The van der Waals surface area contributed by atoms with E-state index in [-0.39, 0.29) is 13.1 Å². The van der Waals surface area contributed by atoms with Crippen LogP contribution >= 0.6 is 0 Å². The van der Waals surface area contributed by atoms with E-state index >= 15 is 0 Å². The largest absolute Gasteiger partial charge is 0.379 e. The van der Waals surface area contributed by atoms with Crippen LogP contribution in [-0.2, 0) is 4.74 Å². The van der Waals surface area contributed by atoms with E-state index in [0.717, 1.165) is 45.3 Å². The van der Waals surface area contributed by atoms with Gasteiger partial charge in [0.25, 0.3) is 5.92 Å². The fraction of sp³-hybridized carbons (Fsp3) is 0.981. The van der Waals surface area contributed by atoms with Crippen LogP contribution in [0, 0.1) is 23.2 Å². The first-order valence-corrected chi connectivity index (χ1v) is 28.0. The van der Waals surface area contributed by atoms with E-state index in [0.29, 0.717) is 5.92 Å². The lowest BCUT2D eigenvalue weighted by Crippen LogP contribution is -2.53. The molecule has 0 aromatic carbocycles. The molecule has 0 N–H and O–H groups in total. The zero-order valence-corrected chi connectivity index (χ0v) is 47.6. The van der Waals surface area contributed by atoms with Gasteiger partial charge in [0.15, 0.2) is 0 Å². The Morgan fingerprint density at radius 2 is 0.725 bits per heavy atom. The Morgan fingerprint density at radius 3 is 0.899 bits per heavy atom. The molecule has 0 radical (unpaired) electrons. The van der Waals surface area contributed by atoms with Gasteiger partial charge in [0.1, 0.15) is 0 Å². The number of morpholine rings is 1. The van der Waals surface area contributed by atoms with Crippen molar-refractivity contribution in [3.63, 3.8) is 0 Å². The highest BCUT2D eigenvalue weighted by atomic mass is 19.3. The van der Waals surface area contributed by atoms with Crippen LogP contribution in [0.4, 0.5) is 8.78 Å². The first-order valence-electron chi connectivity index (χ1n) is 28.0. The second-order valence-corrected chi connectivity index (χ2v) is 21.7. The molecule has 10 heterocycles. The summed E-state index contributed by atoms with van der Waals surface area (Å²) in [4.78, 5) is 25.2. The van der Waals surface area contributed by atoms with Crippen molar-refractivity contribution < 1.29 is 13.5 Å². The van der Waals surface area contributed by atoms with Gasteiger partial charge in [-0.1, -0.05) is 40.5 Å². The highest BCUT2D eigenvalue weighted by molar-refractivity contribution is 4.93. The Bertz CT molecular complexity index is 1140. The third-order valence-corrected chi connectivity index (χ3v) is 14.3. The summed E-state index contributed by atoms with van der Waals surface area (Å²) in [7, 11) is 16.7. The minimum absolute atomic E-state index is 0.0625. The van der Waals surface area contributed by atoms with E-state index in [1.807, 2.05) is 7.05 Å². The molecular formula is C54H114F2N12O. The number of hydrogen-bond donors (Lipinski definition) is 0. The fourth-order valence-corrected chi connectivity index (χ4v) is 9.13. The maximum atomic E-state index is 11.7. The molecule has 69 heavy (non-hydrogen) atoms. The average molecular weight is 986 g/mol. The minimum atomic E-state index is -2.38. The molecule has 0 aromatic rings. The summed E-state index contributed by atoms with van der Waals surface area (Å²) in [5.41, 5.74) is 0. The molecule has 10 saturated heterocycles. The monoisotopic (exact) mass is 985 g/mol. The topological polar surface area (TPSA) is 68.7 Å². The molecule has 0 saturated carbocycles. The summed E-state index contributed by atoms with van der Waals surface area (Å²) in [6, 6.07) is 2.19. The molecule has 0 unspecified atom stereocenters. The number of hydrogen-bond acceptors (Lipinski definition) is 13. The number of piperazine rings is 1. The smallest absolute Gasteiger partial charge is 0.272 e. The Morgan fingerprint density at radius 1 is 0.406 bits per heavy atom. The summed E-state index contributed by atoms with van der Waals surface area (Å²) >= 11 is 0. The quantitative estimate of drug-likeness (QED) is 0.326. The minimum Gasteiger partial charge on any atom is -0.379 e. The maximum absolute atomic E-state index is 11.7. The molecule has 15 heteroatoms. The van der Waals surface area contributed by atoms with Crippen molar-refractivity contribution in [2.24, 2.45) is 11.8 Å². The molecule has 0 aliphatic carbocycles. The van der Waals surface area contributed by atoms with E-state index in [1.54, 1.807) is 11.9 Å². The van der Waals surface area contributed by atoms with Crippen LogP contribution in [0.15, 0.2) is 0 Å². The maximum Gasteiger partial charge on any atom is 0.272 e. The van der Waals surface area contributed by atoms with Gasteiger partial charge < -0.3 is 53.7 Å². The van der Waals surface area contributed by atoms with Crippen molar-refractivity contribution in [2.75, 3.05) is 233 Å². The van der Waals surface area contributed by atoms with Crippen molar-refractivity contribution >= 4 is 0 Å². The molecule has 0 spiro atoms. The molecular weight excluding hydrogens is 871 g/mol. The molecule has 10 rings (SSSR count). The Balaban J connectivity index is 0.000000384. The van der Waals surface area contributed by atoms with Gasteiger partial charge in [-0.25, -0.2) is 8.78 Å². The Kier molecular flexibility index (Phi) is 39.4. The summed E-state index contributed by atoms with van der Waals surface area (Å²) < 4.78 is 28.6. The number of likely N-dealkylation sites (N-methyl/N-ethyl adjacent to an activating group) is 3. The molecule has 410 valence electrons. The first kappa shape index (κ1) is 65.9. The summed E-state index contributed by atoms with van der Waals surface area (Å²) in [6.45, 7) is 39.4. The number of halogens is 2. The predicted octanol–water partition coefficient (Wildman–Crippen LogP) is 6.14. The normalized spacial score (nSPS) is 25.3. The molecule has 0 aromatic heterocycles. The highest BCUT2D eigenvalue weighted by Crippen LogP contribution is 2.24. The predicted molar refractivity (Wildman–Crippen MR) is 291 cm³/mol. The van der Waals surface area contributed by atoms with Crippen molar-refractivity contribution in [3.05, 3.63) is 0 Å². The zero-order valence-electron chi connectivity index (χ0n) is 47.6. The fourth-order valence-electron chi connectivity index (χ4n) is 9.13. The van der Waals surface area contributed by atoms with Crippen molar-refractivity contribution in [1.29, 1.82) is 5.26 Å². The van der Waals surface area contributed by atoms with Gasteiger partial charge >= 0.3 is 0 Å². The lowest BCUT2D eigenvalue weighted by atomic mass is 10.0. The van der Waals surface area contributed by atoms with Crippen molar-refractivity contribution in [1.82, 2.24) is 53.9 Å². The van der Waals surface area contributed by atoms with E-state index < -0.39 is 5.92 Å². The van der Waals surface area contributed by atoms with Gasteiger partial charge in [0, 0.05) is 65.4 Å². The third-order valence-electron chi connectivity index (χ3n) is 14.3. The van der Waals surface area contributed by atoms with Crippen LogP contribution < -0.4 is 0 Å². The summed E-state index contributed by atoms with van der Waals surface area (Å²) in [6.07, 6.45) is 15.7. The van der Waals surface area contributed by atoms with Gasteiger partial charge in [0.05, 0.1) is 38.3 Å². The van der Waals surface area contributed by atoms with Gasteiger partial charge in [-0.2, -0.15) is 5.26 Å². The van der Waals surface area contributed by atoms with E-state index in [9.17, 15) is 8.78 Å². The van der Waals surface area contributed by atoms with E-state index in [4.69, 9.17) is 10.00 Å². The van der Waals surface area contributed by atoms with Crippen LogP contribution in [0.3, 0.4) is 0 Å². The first-order chi connectivity index (χ1) is 33.0. The second-order valence-electron chi connectivity index (χ2n) is 21.7. The highest BCUT2D eigenvalue weighted by Gasteiger charge is 2.41. The molecule has 0 amide bonds. The van der Waals surface area contributed by atoms with Crippen LogP contribution in [0.25, 0.3) is 0 Å². The van der Waals surface area contributed by atoms with Crippen molar-refractivity contribution in [3.8, 4) is 6.07 Å². The van der Waals surface area contributed by atoms with Crippen LogP contribution in [-0.4, -0.2) is 293 Å². The average Bonchev–Trinajstić information content (AvgIpc) is 4.04. The van der Waals surface area contributed by atoms with Crippen molar-refractivity contribution in [2.45, 2.75) is 104 Å². The Labute approximate surface area is 426 Å². The SMILES string of the molecule is CC1CN(C)C1.CCN1CCCC1.CCN1CCCCC1.CCN1CCN(C)CC1.CN1CC(C#N)C1.CN1CC(F)(F)C1.CN1CCC1.CN1CCCC1.CN1CCCCC1.CN1CCOCC1. The summed E-state index contributed by atoms with van der Waals surface area (Å²) in [5, 5.41) is 8.23. The molecule has 0 bridgehead atoms. The Hall–Kier alpha value is -1.13. The number of ether oxygens (including phenoxy) is 1. The number of likely N-dealkylation sites (tertiary alicyclic amines) is 8. The van der Waals surface area contributed by atoms with Crippen LogP contribution in [0.5, 0.6) is 0 Å². The lowest BCUT2D eigenvalue weighted by Gasteiger charge is -2.35. The number of nitrogens with zero attached hydrogens (tertiary/aromatic N) is 12. The molecule has 0 atom stereocenters. The number of nitriles is 1. The van der Waals surface area contributed by atoms with Gasteiger partial charge in [-0.15, -0.1) is 0 Å². The summed E-state index contributed by atoms with van der Waals surface area (Å²) in [5.74, 6) is -1.09. The molecule has 13 nitrogen and oxygen atoms in total. The number of alkyl halides is 2. The number of rotatable bonds is 3. The van der Waals surface area contributed by atoms with Crippen LogP contribution in [0.2, 0.25) is 0 Å². The second kappa shape index (κ2) is 41.2. The molecule has 10 fully saturated rings. The third kappa shape index (κ3) is 37.3. The van der Waals surface area contributed by atoms with E-state index in [2.05, 4.69) is 125 Å². The van der Waals surface area contributed by atoms with Gasteiger partial charge in [-0.3, -0.25) is 4.90 Å². The van der Waals surface area contributed by atoms with Gasteiger partial charge in [-0.05, 0) is 205 Å². The molecule has 10 aliphatic rings. The van der Waals surface area contributed by atoms with Crippen LogP contribution in [0.1, 0.15) is 98.3 Å².